The smallest absolute Gasteiger partial charge is 0.338 e. The highest BCUT2D eigenvalue weighted by atomic mass is 32.2. The lowest BCUT2D eigenvalue weighted by Gasteiger charge is -2.18. The fourth-order valence-corrected chi connectivity index (χ4v) is 5.77. The Morgan fingerprint density at radius 3 is 2.46 bits per heavy atom. The van der Waals surface area contributed by atoms with Gasteiger partial charge in [0, 0.05) is 17.7 Å². The molecule has 3 aromatic rings. The first-order valence-corrected chi connectivity index (χ1v) is 13.6. The summed E-state index contributed by atoms with van der Waals surface area (Å²) < 4.78 is 5.15. The van der Waals surface area contributed by atoms with E-state index in [0.29, 0.717) is 21.8 Å². The van der Waals surface area contributed by atoms with E-state index in [1.54, 1.807) is 12.1 Å². The summed E-state index contributed by atoms with van der Waals surface area (Å²) in [6, 6.07) is 16.9. The monoisotopic (exact) mass is 539 g/mol. The molecule has 1 saturated heterocycles. The van der Waals surface area contributed by atoms with Crippen molar-refractivity contribution in [1.29, 1.82) is 5.26 Å². The van der Waals surface area contributed by atoms with E-state index >= 15 is 0 Å². The van der Waals surface area contributed by atoms with E-state index in [1.165, 1.54) is 24.3 Å². The van der Waals surface area contributed by atoms with Crippen LogP contribution in [0.3, 0.4) is 0 Å². The second-order valence-corrected chi connectivity index (χ2v) is 10.7. The summed E-state index contributed by atoms with van der Waals surface area (Å²) in [5.41, 5.74) is 4.45. The van der Waals surface area contributed by atoms with E-state index in [9.17, 15) is 24.4 Å². The van der Waals surface area contributed by atoms with Crippen LogP contribution < -0.4 is 4.90 Å². The normalized spacial score (nSPS) is 16.5. The van der Waals surface area contributed by atoms with Crippen LogP contribution in [0.2, 0.25) is 0 Å². The van der Waals surface area contributed by atoms with Gasteiger partial charge in [-0.1, -0.05) is 41.6 Å². The second-order valence-electron chi connectivity index (χ2n) is 9.56. The Balaban J connectivity index is 1.24. The van der Waals surface area contributed by atoms with Crippen molar-refractivity contribution in [2.75, 3.05) is 11.5 Å². The maximum absolute atomic E-state index is 13.2. The van der Waals surface area contributed by atoms with Crippen molar-refractivity contribution in [3.8, 4) is 6.07 Å². The average molecular weight is 540 g/mol. The highest BCUT2D eigenvalue weighted by Crippen LogP contribution is 2.36. The van der Waals surface area contributed by atoms with Gasteiger partial charge >= 0.3 is 5.97 Å². The average Bonchev–Trinajstić information content (AvgIpc) is 3.23. The number of fused-ring (bicyclic) bond motifs is 1. The number of thioether (sulfide) groups is 1. The standard InChI is InChI=1S/C30H25N3O5S/c1-18-6-8-19(9-7-18)25(34)17-38-30(37)20-10-12-23(13-11-20)33-27(35)15-26(29(33)36)39-28-22(16-31)14-21-4-2-3-5-24(21)32-28/h6-14,26H,2-5,15,17H2,1H3. The molecule has 2 amide bonds. The summed E-state index contributed by atoms with van der Waals surface area (Å²) in [6.45, 7) is 1.52. The van der Waals surface area contributed by atoms with Crippen molar-refractivity contribution < 1.29 is 23.9 Å². The molecule has 0 saturated carbocycles. The minimum Gasteiger partial charge on any atom is -0.454 e. The first-order valence-electron chi connectivity index (χ1n) is 12.7. The fourth-order valence-electron chi connectivity index (χ4n) is 4.67. The fraction of sp³-hybridized carbons (Fsp3) is 0.267. The molecule has 1 aliphatic carbocycles. The number of pyridine rings is 1. The molecule has 1 unspecified atom stereocenters. The van der Waals surface area contributed by atoms with Crippen LogP contribution in [0.15, 0.2) is 59.6 Å². The van der Waals surface area contributed by atoms with Crippen molar-refractivity contribution in [3.05, 3.63) is 88.1 Å². The molecule has 2 aromatic carbocycles. The van der Waals surface area contributed by atoms with E-state index in [4.69, 9.17) is 4.74 Å². The quantitative estimate of drug-likeness (QED) is 0.243. The van der Waals surface area contributed by atoms with E-state index in [0.717, 1.165) is 59.2 Å². The lowest BCUT2D eigenvalue weighted by Crippen LogP contribution is -2.31. The number of anilines is 1. The minimum absolute atomic E-state index is 0.0158. The third-order valence-electron chi connectivity index (χ3n) is 6.81. The molecular formula is C30H25N3O5S. The van der Waals surface area contributed by atoms with E-state index < -0.39 is 23.7 Å². The number of nitriles is 1. The van der Waals surface area contributed by atoms with Crippen molar-refractivity contribution >= 4 is 41.0 Å². The van der Waals surface area contributed by atoms with Gasteiger partial charge in [0.05, 0.1) is 22.1 Å². The molecule has 196 valence electrons. The molecule has 0 spiro atoms. The second kappa shape index (κ2) is 11.2. The van der Waals surface area contributed by atoms with Crippen molar-refractivity contribution in [2.24, 2.45) is 0 Å². The number of hydrogen-bond donors (Lipinski definition) is 0. The number of esters is 1. The van der Waals surface area contributed by atoms with Crippen molar-refractivity contribution in [2.45, 2.75) is 49.3 Å². The summed E-state index contributed by atoms with van der Waals surface area (Å²) in [5, 5.41) is 9.41. The molecule has 1 aliphatic heterocycles. The van der Waals surface area contributed by atoms with Crippen LogP contribution >= 0.6 is 11.8 Å². The molecule has 8 nitrogen and oxygen atoms in total. The number of aryl methyl sites for hydroxylation is 3. The van der Waals surface area contributed by atoms with Crippen LogP contribution in [0.5, 0.6) is 0 Å². The zero-order valence-corrected chi connectivity index (χ0v) is 22.1. The van der Waals surface area contributed by atoms with Crippen LogP contribution in [0.4, 0.5) is 5.69 Å². The molecule has 2 aliphatic rings. The van der Waals surface area contributed by atoms with E-state index in [1.807, 2.05) is 25.1 Å². The number of carbonyl (C=O) groups excluding carboxylic acids is 4. The summed E-state index contributed by atoms with van der Waals surface area (Å²) in [7, 11) is 0. The highest BCUT2D eigenvalue weighted by Gasteiger charge is 2.41. The zero-order valence-electron chi connectivity index (χ0n) is 21.3. The molecule has 9 heteroatoms. The number of aromatic nitrogens is 1. The Bertz CT molecular complexity index is 1510. The van der Waals surface area contributed by atoms with Crippen molar-refractivity contribution in [1.82, 2.24) is 4.98 Å². The van der Waals surface area contributed by atoms with Gasteiger partial charge in [0.25, 0.3) is 0 Å². The van der Waals surface area contributed by atoms with Gasteiger partial charge in [-0.05, 0) is 68.5 Å². The number of Topliss-reactive ketones (excluding diaryl/α,β-unsaturated/α-hetero) is 1. The molecule has 5 rings (SSSR count). The summed E-state index contributed by atoms with van der Waals surface area (Å²) >= 11 is 1.15. The number of imide groups is 1. The number of ketones is 1. The summed E-state index contributed by atoms with van der Waals surface area (Å²) in [6.07, 6.45) is 3.82. The topological polar surface area (TPSA) is 117 Å². The molecule has 0 bridgehead atoms. The number of hydrogen-bond acceptors (Lipinski definition) is 8. The van der Waals surface area contributed by atoms with Gasteiger partial charge in [0.1, 0.15) is 11.1 Å². The first-order chi connectivity index (χ1) is 18.8. The molecule has 39 heavy (non-hydrogen) atoms. The van der Waals surface area contributed by atoms with Gasteiger partial charge in [-0.2, -0.15) is 5.26 Å². The number of benzene rings is 2. The Kier molecular flexibility index (Phi) is 7.57. The Morgan fingerprint density at radius 1 is 1.05 bits per heavy atom. The van der Waals surface area contributed by atoms with E-state index in [2.05, 4.69) is 11.1 Å². The lowest BCUT2D eigenvalue weighted by atomic mass is 9.95. The van der Waals surface area contributed by atoms with Crippen LogP contribution in [-0.4, -0.2) is 40.4 Å². The van der Waals surface area contributed by atoms with Crippen LogP contribution in [0, 0.1) is 18.3 Å². The van der Waals surface area contributed by atoms with E-state index in [-0.39, 0.29) is 23.7 Å². The predicted octanol–water partition coefficient (Wildman–Crippen LogP) is 4.60. The molecule has 0 N–H and O–H groups in total. The predicted molar refractivity (Wildman–Crippen MR) is 145 cm³/mol. The molecule has 1 fully saturated rings. The lowest BCUT2D eigenvalue weighted by molar-refractivity contribution is -0.121. The third-order valence-corrected chi connectivity index (χ3v) is 8.00. The molecule has 1 aromatic heterocycles. The summed E-state index contributed by atoms with van der Waals surface area (Å²) in [4.78, 5) is 56.5. The number of nitrogens with zero attached hydrogens (tertiary/aromatic N) is 3. The maximum Gasteiger partial charge on any atom is 0.338 e. The SMILES string of the molecule is Cc1ccc(C(=O)COC(=O)c2ccc(N3C(=O)CC(Sc4nc5c(cc4C#N)CCCC5)C3=O)cc2)cc1. The Labute approximate surface area is 230 Å². The van der Waals surface area contributed by atoms with Gasteiger partial charge in [-0.3, -0.25) is 14.4 Å². The van der Waals surface area contributed by atoms with Gasteiger partial charge in [-0.25, -0.2) is 14.7 Å². The Hall–Kier alpha value is -4.29. The van der Waals surface area contributed by atoms with Crippen molar-refractivity contribution in [3.63, 3.8) is 0 Å². The molecule has 2 heterocycles. The Morgan fingerprint density at radius 2 is 1.74 bits per heavy atom. The largest absolute Gasteiger partial charge is 0.454 e. The molecule has 0 radical (unpaired) electrons. The van der Waals surface area contributed by atoms with Crippen LogP contribution in [0.1, 0.15) is 62.4 Å². The van der Waals surface area contributed by atoms with Gasteiger partial charge < -0.3 is 4.74 Å². The van der Waals surface area contributed by atoms with Crippen LogP contribution in [-0.2, 0) is 27.2 Å². The van der Waals surface area contributed by atoms with Gasteiger partial charge in [0.15, 0.2) is 12.4 Å². The number of ether oxygens (including phenoxy) is 1. The number of carbonyl (C=O) groups is 4. The number of rotatable bonds is 7. The first kappa shape index (κ1) is 26.3. The highest BCUT2D eigenvalue weighted by molar-refractivity contribution is 8.00. The summed E-state index contributed by atoms with van der Waals surface area (Å²) in [5.74, 6) is -1.76. The maximum atomic E-state index is 13.2. The molecule has 1 atom stereocenters. The van der Waals surface area contributed by atoms with Crippen LogP contribution in [0.25, 0.3) is 0 Å². The zero-order chi connectivity index (χ0) is 27.5. The third kappa shape index (κ3) is 5.61. The number of amides is 2. The minimum atomic E-state index is -0.698. The van der Waals surface area contributed by atoms with Gasteiger partial charge in [0.2, 0.25) is 11.8 Å². The molecular weight excluding hydrogens is 514 g/mol. The van der Waals surface area contributed by atoms with Gasteiger partial charge in [-0.15, -0.1) is 0 Å².